The van der Waals surface area contributed by atoms with Gasteiger partial charge in [-0.05, 0) is 37.6 Å². The molecule has 1 aliphatic rings. The van der Waals surface area contributed by atoms with Crippen LogP contribution in [0.15, 0.2) is 30.5 Å². The van der Waals surface area contributed by atoms with Crippen LogP contribution in [0.1, 0.15) is 29.4 Å². The molecule has 1 aromatic carbocycles. The molecule has 1 fully saturated rings. The first-order valence-corrected chi connectivity index (χ1v) is 7.11. The van der Waals surface area contributed by atoms with E-state index in [1.165, 1.54) is 12.0 Å². The van der Waals surface area contributed by atoms with Gasteiger partial charge in [0.15, 0.2) is 0 Å². The Morgan fingerprint density at radius 1 is 1.35 bits per heavy atom. The third-order valence-corrected chi connectivity index (χ3v) is 3.95. The average Bonchev–Trinajstić information content (AvgIpc) is 3.09. The molecule has 1 unspecified atom stereocenters. The first-order valence-electron chi connectivity index (χ1n) is 7.11. The van der Waals surface area contributed by atoms with Gasteiger partial charge in [0, 0.05) is 30.9 Å². The summed E-state index contributed by atoms with van der Waals surface area (Å²) in [4.78, 5) is 10.3. The highest BCUT2D eigenvalue weighted by molar-refractivity contribution is 5.27. The zero-order chi connectivity index (χ0) is 13.9. The smallest absolute Gasteiger partial charge is 0.118 e. The van der Waals surface area contributed by atoms with Crippen LogP contribution >= 0.6 is 0 Å². The molecule has 0 aliphatic carbocycles. The monoisotopic (exact) mass is 271 g/mol. The topological polar surface area (TPSA) is 41.1 Å². The summed E-state index contributed by atoms with van der Waals surface area (Å²) >= 11 is 0. The van der Waals surface area contributed by atoms with Crippen LogP contribution in [0, 0.1) is 6.92 Å². The quantitative estimate of drug-likeness (QED) is 0.929. The molecule has 1 aromatic heterocycles. The lowest BCUT2D eigenvalue weighted by Gasteiger charge is -2.15. The van der Waals surface area contributed by atoms with Gasteiger partial charge in [-0.1, -0.05) is 12.1 Å². The van der Waals surface area contributed by atoms with E-state index in [0.717, 1.165) is 36.9 Å². The van der Waals surface area contributed by atoms with E-state index in [4.69, 9.17) is 4.74 Å². The van der Waals surface area contributed by atoms with Gasteiger partial charge in [-0.2, -0.15) is 0 Å². The molecular weight excluding hydrogens is 250 g/mol. The van der Waals surface area contributed by atoms with Crippen molar-refractivity contribution in [2.24, 2.45) is 0 Å². The Kier molecular flexibility index (Phi) is 3.74. The van der Waals surface area contributed by atoms with Gasteiger partial charge in [-0.3, -0.25) is 4.90 Å². The largest absolute Gasteiger partial charge is 0.497 e. The number of rotatable bonds is 4. The molecule has 0 saturated carbocycles. The van der Waals surface area contributed by atoms with Crippen molar-refractivity contribution in [3.63, 3.8) is 0 Å². The number of aromatic nitrogens is 2. The van der Waals surface area contributed by atoms with Gasteiger partial charge in [0.25, 0.3) is 0 Å². The van der Waals surface area contributed by atoms with Gasteiger partial charge in [0.05, 0.1) is 7.11 Å². The molecule has 3 rings (SSSR count). The number of hydrogen-bond acceptors (Lipinski definition) is 3. The van der Waals surface area contributed by atoms with Crippen LogP contribution in [0.3, 0.4) is 0 Å². The third-order valence-electron chi connectivity index (χ3n) is 3.95. The number of hydrogen-bond donors (Lipinski definition) is 1. The van der Waals surface area contributed by atoms with Crippen molar-refractivity contribution in [1.29, 1.82) is 0 Å². The second-order valence-electron chi connectivity index (χ2n) is 5.52. The Bertz CT molecular complexity index is 561. The van der Waals surface area contributed by atoms with Crippen LogP contribution in [0.5, 0.6) is 5.75 Å². The third kappa shape index (κ3) is 2.85. The van der Waals surface area contributed by atoms with E-state index in [0.29, 0.717) is 5.92 Å². The molecular formula is C16H21N3O. The van der Waals surface area contributed by atoms with Crippen molar-refractivity contribution >= 4 is 0 Å². The number of methoxy groups -OCH3 is 1. The molecule has 2 aromatic rings. The van der Waals surface area contributed by atoms with Crippen LogP contribution in [0.4, 0.5) is 0 Å². The molecule has 4 heteroatoms. The van der Waals surface area contributed by atoms with Crippen molar-refractivity contribution < 1.29 is 4.74 Å². The van der Waals surface area contributed by atoms with Crippen LogP contribution in [-0.4, -0.2) is 35.1 Å². The van der Waals surface area contributed by atoms with Crippen molar-refractivity contribution in [1.82, 2.24) is 14.9 Å². The molecule has 0 spiro atoms. The van der Waals surface area contributed by atoms with Gasteiger partial charge < -0.3 is 9.72 Å². The van der Waals surface area contributed by atoms with E-state index in [1.807, 2.05) is 18.3 Å². The lowest BCUT2D eigenvalue weighted by Crippen LogP contribution is -2.19. The number of H-pyrrole nitrogens is 1. The molecule has 1 atom stereocenters. The maximum absolute atomic E-state index is 5.19. The highest BCUT2D eigenvalue weighted by Gasteiger charge is 2.25. The normalized spacial score (nSPS) is 19.4. The van der Waals surface area contributed by atoms with E-state index in [1.54, 1.807) is 7.11 Å². The summed E-state index contributed by atoms with van der Waals surface area (Å²) in [6, 6.07) is 8.34. The standard InChI is InChI=1S/C16H21N3O/c1-12-9-17-16(18-12)14-7-8-19(11-14)10-13-3-5-15(20-2)6-4-13/h3-6,9,14H,7-8,10-11H2,1-2H3,(H,17,18). The van der Waals surface area contributed by atoms with E-state index < -0.39 is 0 Å². The highest BCUT2D eigenvalue weighted by Crippen LogP contribution is 2.26. The Labute approximate surface area is 119 Å². The van der Waals surface area contributed by atoms with Crippen molar-refractivity contribution in [2.45, 2.75) is 25.8 Å². The summed E-state index contributed by atoms with van der Waals surface area (Å²) in [5.41, 5.74) is 2.48. The fourth-order valence-corrected chi connectivity index (χ4v) is 2.83. The fraction of sp³-hybridized carbons (Fsp3) is 0.438. The average molecular weight is 271 g/mol. The number of imidazole rings is 1. The molecule has 20 heavy (non-hydrogen) atoms. The summed E-state index contributed by atoms with van der Waals surface area (Å²) in [7, 11) is 1.70. The van der Waals surface area contributed by atoms with Crippen LogP contribution in [0.2, 0.25) is 0 Å². The zero-order valence-corrected chi connectivity index (χ0v) is 12.1. The number of nitrogens with zero attached hydrogens (tertiary/aromatic N) is 2. The van der Waals surface area contributed by atoms with Gasteiger partial charge in [-0.15, -0.1) is 0 Å². The van der Waals surface area contributed by atoms with Gasteiger partial charge in [0.2, 0.25) is 0 Å². The molecule has 0 bridgehead atoms. The van der Waals surface area contributed by atoms with Crippen molar-refractivity contribution in [3.8, 4) is 5.75 Å². The first kappa shape index (κ1) is 13.2. The number of nitrogens with one attached hydrogen (secondary N) is 1. The molecule has 2 heterocycles. The lowest BCUT2D eigenvalue weighted by molar-refractivity contribution is 0.325. The minimum Gasteiger partial charge on any atom is -0.497 e. The molecule has 106 valence electrons. The summed E-state index contributed by atoms with van der Waals surface area (Å²) in [6.07, 6.45) is 3.10. The number of ether oxygens (including phenoxy) is 1. The Balaban J connectivity index is 1.59. The maximum atomic E-state index is 5.19. The number of benzene rings is 1. The molecule has 1 saturated heterocycles. The van der Waals surface area contributed by atoms with Crippen LogP contribution in [0.25, 0.3) is 0 Å². The van der Waals surface area contributed by atoms with Crippen molar-refractivity contribution in [3.05, 3.63) is 47.5 Å². The fourth-order valence-electron chi connectivity index (χ4n) is 2.83. The van der Waals surface area contributed by atoms with Crippen LogP contribution < -0.4 is 4.74 Å². The molecule has 0 amide bonds. The predicted octanol–water partition coefficient (Wildman–Crippen LogP) is 2.72. The summed E-state index contributed by atoms with van der Waals surface area (Å²) in [5.74, 6) is 2.60. The summed E-state index contributed by atoms with van der Waals surface area (Å²) in [6.45, 7) is 5.27. The summed E-state index contributed by atoms with van der Waals surface area (Å²) < 4.78 is 5.19. The minimum atomic E-state index is 0.543. The Morgan fingerprint density at radius 2 is 2.15 bits per heavy atom. The zero-order valence-electron chi connectivity index (χ0n) is 12.1. The Morgan fingerprint density at radius 3 is 2.80 bits per heavy atom. The van der Waals surface area contributed by atoms with Gasteiger partial charge in [-0.25, -0.2) is 4.98 Å². The Hall–Kier alpha value is -1.81. The van der Waals surface area contributed by atoms with E-state index in [2.05, 4.69) is 33.9 Å². The second kappa shape index (κ2) is 5.67. The van der Waals surface area contributed by atoms with E-state index in [9.17, 15) is 0 Å². The first-order chi connectivity index (χ1) is 9.74. The van der Waals surface area contributed by atoms with E-state index in [-0.39, 0.29) is 0 Å². The predicted molar refractivity (Wildman–Crippen MR) is 79.0 cm³/mol. The SMILES string of the molecule is COc1ccc(CN2CCC(c3ncc(C)[nH]3)C2)cc1. The molecule has 1 aliphatic heterocycles. The molecule has 0 radical (unpaired) electrons. The van der Waals surface area contributed by atoms with Gasteiger partial charge >= 0.3 is 0 Å². The van der Waals surface area contributed by atoms with Crippen LogP contribution in [-0.2, 0) is 6.54 Å². The number of aromatic amines is 1. The van der Waals surface area contributed by atoms with Gasteiger partial charge in [0.1, 0.15) is 11.6 Å². The number of likely N-dealkylation sites (tertiary alicyclic amines) is 1. The maximum Gasteiger partial charge on any atom is 0.118 e. The molecule has 4 nitrogen and oxygen atoms in total. The molecule has 1 N–H and O–H groups in total. The highest BCUT2D eigenvalue weighted by atomic mass is 16.5. The second-order valence-corrected chi connectivity index (χ2v) is 5.52. The lowest BCUT2D eigenvalue weighted by atomic mass is 10.1. The number of aryl methyl sites for hydroxylation is 1. The van der Waals surface area contributed by atoms with Crippen molar-refractivity contribution in [2.75, 3.05) is 20.2 Å². The van der Waals surface area contributed by atoms with E-state index >= 15 is 0 Å². The summed E-state index contributed by atoms with van der Waals surface area (Å²) in [5, 5.41) is 0. The minimum absolute atomic E-state index is 0.543.